The first-order valence-electron chi connectivity index (χ1n) is 3.73. The molecule has 0 N–H and O–H groups in total. The van der Waals surface area contributed by atoms with Gasteiger partial charge in [-0.15, -0.1) is 0 Å². The van der Waals surface area contributed by atoms with E-state index in [1.165, 1.54) is 5.71 Å². The highest BCUT2D eigenvalue weighted by molar-refractivity contribution is 5.90. The molecule has 0 fully saturated rings. The van der Waals surface area contributed by atoms with Crippen molar-refractivity contribution in [2.24, 2.45) is 10.6 Å². The first-order valence-corrected chi connectivity index (χ1v) is 3.73. The number of oxime groups is 1. The number of hydrogen-bond donors (Lipinski definition) is 0. The summed E-state index contributed by atoms with van der Waals surface area (Å²) in [6.07, 6.45) is 1.28. The first kappa shape index (κ1) is 7.58. The monoisotopic (exact) mass is 141 g/mol. The zero-order valence-corrected chi connectivity index (χ0v) is 7.14. The van der Waals surface area contributed by atoms with Gasteiger partial charge in [-0.3, -0.25) is 0 Å². The van der Waals surface area contributed by atoms with Crippen LogP contribution in [0.25, 0.3) is 0 Å². The molecule has 0 bridgehead atoms. The molecule has 2 nitrogen and oxygen atoms in total. The van der Waals surface area contributed by atoms with Gasteiger partial charge in [0.1, 0.15) is 6.10 Å². The molecule has 0 aromatic rings. The fraction of sp³-hybridized carbons (Fsp3) is 0.875. The highest BCUT2D eigenvalue weighted by Crippen LogP contribution is 2.24. The topological polar surface area (TPSA) is 21.6 Å². The third kappa shape index (κ3) is 1.49. The molecular formula is C8H15NO. The van der Waals surface area contributed by atoms with Gasteiger partial charge in [0.15, 0.2) is 0 Å². The maximum absolute atomic E-state index is 5.08. The van der Waals surface area contributed by atoms with E-state index < -0.39 is 0 Å². The van der Waals surface area contributed by atoms with E-state index in [-0.39, 0.29) is 11.5 Å². The molecule has 0 aromatic heterocycles. The third-order valence-electron chi connectivity index (χ3n) is 1.69. The standard InChI is InChI=1S/C8H15NO/c1-6-5-7(9-10-6)8(2,3)4/h6H,5H2,1-4H3/t6-/m0/s1. The SMILES string of the molecule is C[C@H]1CC(C(C)(C)C)=NO1. The minimum absolute atomic E-state index is 0.185. The first-order chi connectivity index (χ1) is 4.50. The lowest BCUT2D eigenvalue weighted by Crippen LogP contribution is -2.19. The molecule has 1 heterocycles. The van der Waals surface area contributed by atoms with Crippen molar-refractivity contribution in [2.75, 3.05) is 0 Å². The molecule has 2 heteroatoms. The second kappa shape index (κ2) is 2.26. The summed E-state index contributed by atoms with van der Waals surface area (Å²) in [5.74, 6) is 0. The van der Waals surface area contributed by atoms with Crippen molar-refractivity contribution in [3.05, 3.63) is 0 Å². The summed E-state index contributed by atoms with van der Waals surface area (Å²) in [7, 11) is 0. The summed E-state index contributed by atoms with van der Waals surface area (Å²) in [4.78, 5) is 5.08. The third-order valence-corrected chi connectivity index (χ3v) is 1.69. The molecule has 1 aliphatic heterocycles. The van der Waals surface area contributed by atoms with Gasteiger partial charge in [0.25, 0.3) is 0 Å². The van der Waals surface area contributed by atoms with Crippen LogP contribution >= 0.6 is 0 Å². The average molecular weight is 141 g/mol. The maximum atomic E-state index is 5.08. The van der Waals surface area contributed by atoms with E-state index in [0.29, 0.717) is 0 Å². The van der Waals surface area contributed by atoms with Crippen molar-refractivity contribution in [1.82, 2.24) is 0 Å². The van der Waals surface area contributed by atoms with Gasteiger partial charge in [0.05, 0.1) is 5.71 Å². The van der Waals surface area contributed by atoms with Crippen LogP contribution in [0.2, 0.25) is 0 Å². The zero-order valence-electron chi connectivity index (χ0n) is 7.14. The fourth-order valence-electron chi connectivity index (χ4n) is 0.944. The molecule has 0 unspecified atom stereocenters. The summed E-state index contributed by atoms with van der Waals surface area (Å²) in [5, 5.41) is 4.00. The summed E-state index contributed by atoms with van der Waals surface area (Å²) < 4.78 is 0. The molecule has 58 valence electrons. The van der Waals surface area contributed by atoms with Crippen LogP contribution in [0, 0.1) is 5.41 Å². The molecule has 0 radical (unpaired) electrons. The van der Waals surface area contributed by atoms with Crippen molar-refractivity contribution in [2.45, 2.75) is 40.2 Å². The Morgan fingerprint density at radius 1 is 1.50 bits per heavy atom. The Hall–Kier alpha value is -0.530. The van der Waals surface area contributed by atoms with Gasteiger partial charge < -0.3 is 4.84 Å². The summed E-state index contributed by atoms with van der Waals surface area (Å²) in [6, 6.07) is 0. The van der Waals surface area contributed by atoms with Gasteiger partial charge in [-0.1, -0.05) is 25.9 Å². The molecule has 1 atom stereocenters. The molecule has 0 spiro atoms. The minimum atomic E-state index is 0.185. The lowest BCUT2D eigenvalue weighted by Gasteiger charge is -2.15. The van der Waals surface area contributed by atoms with Crippen molar-refractivity contribution in [3.8, 4) is 0 Å². The van der Waals surface area contributed by atoms with E-state index in [2.05, 4.69) is 25.9 Å². The van der Waals surface area contributed by atoms with Crippen molar-refractivity contribution in [3.63, 3.8) is 0 Å². The lowest BCUT2D eigenvalue weighted by molar-refractivity contribution is 0.0994. The van der Waals surface area contributed by atoms with Gasteiger partial charge >= 0.3 is 0 Å². The highest BCUT2D eigenvalue weighted by atomic mass is 16.6. The van der Waals surface area contributed by atoms with Crippen LogP contribution in [-0.4, -0.2) is 11.8 Å². The van der Waals surface area contributed by atoms with Crippen molar-refractivity contribution in [1.29, 1.82) is 0 Å². The fourth-order valence-corrected chi connectivity index (χ4v) is 0.944. The van der Waals surface area contributed by atoms with Gasteiger partial charge in [0.2, 0.25) is 0 Å². The molecule has 0 aliphatic carbocycles. The second-order valence-corrected chi connectivity index (χ2v) is 3.91. The number of rotatable bonds is 0. The Kier molecular flexibility index (Phi) is 1.71. The Balaban J connectivity index is 2.60. The Morgan fingerprint density at radius 3 is 2.30 bits per heavy atom. The molecule has 0 saturated carbocycles. The second-order valence-electron chi connectivity index (χ2n) is 3.91. The number of hydrogen-bond acceptors (Lipinski definition) is 2. The smallest absolute Gasteiger partial charge is 0.130 e. The Morgan fingerprint density at radius 2 is 2.10 bits per heavy atom. The van der Waals surface area contributed by atoms with E-state index in [0.717, 1.165) is 6.42 Å². The van der Waals surface area contributed by atoms with Crippen LogP contribution in [0.15, 0.2) is 5.16 Å². The van der Waals surface area contributed by atoms with Crippen LogP contribution < -0.4 is 0 Å². The Labute approximate surface area is 62.3 Å². The van der Waals surface area contributed by atoms with Gasteiger partial charge in [-0.2, -0.15) is 0 Å². The molecule has 1 rings (SSSR count). The molecule has 0 amide bonds. The van der Waals surface area contributed by atoms with Gasteiger partial charge in [-0.25, -0.2) is 0 Å². The molecule has 0 aromatic carbocycles. The van der Waals surface area contributed by atoms with Crippen LogP contribution in [0.5, 0.6) is 0 Å². The Bertz CT molecular complexity index is 155. The lowest BCUT2D eigenvalue weighted by atomic mass is 9.87. The van der Waals surface area contributed by atoms with Crippen LogP contribution in [0.1, 0.15) is 34.1 Å². The van der Waals surface area contributed by atoms with Gasteiger partial charge in [-0.05, 0) is 6.92 Å². The highest BCUT2D eigenvalue weighted by Gasteiger charge is 2.26. The quantitative estimate of drug-likeness (QED) is 0.506. The van der Waals surface area contributed by atoms with Crippen molar-refractivity contribution < 1.29 is 4.84 Å². The van der Waals surface area contributed by atoms with E-state index in [4.69, 9.17) is 4.84 Å². The minimum Gasteiger partial charge on any atom is -0.392 e. The summed E-state index contributed by atoms with van der Waals surface area (Å²) in [6.45, 7) is 8.52. The normalized spacial score (nSPS) is 26.0. The van der Waals surface area contributed by atoms with E-state index in [1.807, 2.05) is 6.92 Å². The molecule has 1 aliphatic rings. The summed E-state index contributed by atoms with van der Waals surface area (Å²) >= 11 is 0. The van der Waals surface area contributed by atoms with Crippen LogP contribution in [0.4, 0.5) is 0 Å². The van der Waals surface area contributed by atoms with Crippen LogP contribution in [0.3, 0.4) is 0 Å². The predicted molar refractivity (Wildman–Crippen MR) is 42.1 cm³/mol. The van der Waals surface area contributed by atoms with E-state index in [1.54, 1.807) is 0 Å². The maximum Gasteiger partial charge on any atom is 0.130 e. The number of nitrogens with zero attached hydrogens (tertiary/aromatic N) is 1. The zero-order chi connectivity index (χ0) is 7.78. The van der Waals surface area contributed by atoms with Crippen LogP contribution in [-0.2, 0) is 4.84 Å². The van der Waals surface area contributed by atoms with Crippen molar-refractivity contribution >= 4 is 5.71 Å². The molecular weight excluding hydrogens is 126 g/mol. The molecule has 0 saturated heterocycles. The van der Waals surface area contributed by atoms with Gasteiger partial charge in [0, 0.05) is 11.8 Å². The summed E-state index contributed by atoms with van der Waals surface area (Å²) in [5.41, 5.74) is 1.37. The van der Waals surface area contributed by atoms with E-state index in [9.17, 15) is 0 Å². The average Bonchev–Trinajstić information content (AvgIpc) is 2.11. The largest absolute Gasteiger partial charge is 0.392 e. The predicted octanol–water partition coefficient (Wildman–Crippen LogP) is 2.20. The molecule has 10 heavy (non-hydrogen) atoms. The van der Waals surface area contributed by atoms with E-state index >= 15 is 0 Å².